The number of furan rings is 1. The molecule has 36 heavy (non-hydrogen) atoms. The lowest BCUT2D eigenvalue weighted by Gasteiger charge is -2.11. The van der Waals surface area contributed by atoms with Gasteiger partial charge in [0.05, 0.1) is 28.0 Å². The Balaban J connectivity index is 1.47. The summed E-state index contributed by atoms with van der Waals surface area (Å²) in [6, 6.07) is 18.2. The van der Waals surface area contributed by atoms with Gasteiger partial charge in [-0.05, 0) is 37.1 Å². The molecule has 1 N–H and O–H groups in total. The highest BCUT2D eigenvalue weighted by Crippen LogP contribution is 2.37. The first-order valence-electron chi connectivity index (χ1n) is 11.2. The van der Waals surface area contributed by atoms with E-state index in [9.17, 15) is 14.9 Å². The molecule has 0 fully saturated rings. The number of ether oxygens (including phenoxy) is 1. The van der Waals surface area contributed by atoms with Crippen LogP contribution in [-0.4, -0.2) is 22.4 Å². The number of nitro benzene ring substituents is 1. The highest BCUT2D eigenvalue weighted by Gasteiger charge is 2.16. The fraction of sp³-hybridized carbons (Fsp3) is 0.111. The zero-order valence-electron chi connectivity index (χ0n) is 19.5. The highest BCUT2D eigenvalue weighted by molar-refractivity contribution is 7.22. The number of thiazole rings is 1. The molecule has 0 atom stereocenters. The van der Waals surface area contributed by atoms with Crippen molar-refractivity contribution in [3.05, 3.63) is 88.7 Å². The highest BCUT2D eigenvalue weighted by atomic mass is 32.1. The van der Waals surface area contributed by atoms with Gasteiger partial charge in [-0.25, -0.2) is 4.98 Å². The SMILES string of the molecule is CCOc1cc2occ(-c3ccccc3)c2cc1/C(C)=C/C(=O)Nc1nc2ccc([N+](=O)[O-])cc2s1. The summed E-state index contributed by atoms with van der Waals surface area (Å²) in [7, 11) is 0. The van der Waals surface area contributed by atoms with E-state index >= 15 is 0 Å². The Labute approximate surface area is 210 Å². The Hall–Kier alpha value is -4.50. The minimum atomic E-state index is -0.459. The number of carbonyl (C=O) groups is 1. The Kier molecular flexibility index (Phi) is 6.22. The molecule has 0 saturated heterocycles. The largest absolute Gasteiger partial charge is 0.493 e. The second-order valence-corrected chi connectivity index (χ2v) is 9.07. The number of hydrogen-bond donors (Lipinski definition) is 1. The van der Waals surface area contributed by atoms with Crippen molar-refractivity contribution in [2.24, 2.45) is 0 Å². The summed E-state index contributed by atoms with van der Waals surface area (Å²) in [5.74, 6) is 0.256. The van der Waals surface area contributed by atoms with Crippen LogP contribution >= 0.6 is 11.3 Å². The summed E-state index contributed by atoms with van der Waals surface area (Å²) in [4.78, 5) is 27.8. The monoisotopic (exact) mass is 499 g/mol. The van der Waals surface area contributed by atoms with Gasteiger partial charge >= 0.3 is 0 Å². The molecule has 1 amide bonds. The van der Waals surface area contributed by atoms with Crippen LogP contribution in [0.4, 0.5) is 10.8 Å². The molecule has 0 bridgehead atoms. The van der Waals surface area contributed by atoms with Crippen LogP contribution in [0.5, 0.6) is 5.75 Å². The molecule has 0 spiro atoms. The van der Waals surface area contributed by atoms with E-state index < -0.39 is 4.92 Å². The number of allylic oxidation sites excluding steroid dienone is 1. The van der Waals surface area contributed by atoms with Crippen molar-refractivity contribution in [1.82, 2.24) is 4.98 Å². The number of carbonyl (C=O) groups excluding carboxylic acids is 1. The lowest BCUT2D eigenvalue weighted by Crippen LogP contribution is -2.08. The molecule has 3 aromatic carbocycles. The standard InChI is InChI=1S/C27H21N3O5S/c1-3-34-23-14-24-20(21(15-35-24)17-7-5-4-6-8-17)13-19(23)16(2)11-26(31)29-27-28-22-10-9-18(30(32)33)12-25(22)36-27/h4-15H,3H2,1-2H3,(H,28,29,31)/b16-11+. The van der Waals surface area contributed by atoms with Gasteiger partial charge in [-0.15, -0.1) is 0 Å². The van der Waals surface area contributed by atoms with Gasteiger partial charge in [0, 0.05) is 40.8 Å². The number of fused-ring (bicyclic) bond motifs is 2. The molecule has 0 aliphatic carbocycles. The second-order valence-electron chi connectivity index (χ2n) is 8.04. The maximum Gasteiger partial charge on any atom is 0.270 e. The van der Waals surface area contributed by atoms with Crippen molar-refractivity contribution in [3.63, 3.8) is 0 Å². The van der Waals surface area contributed by atoms with E-state index in [2.05, 4.69) is 10.3 Å². The molecule has 0 aliphatic heterocycles. The molecule has 0 unspecified atom stereocenters. The third-order valence-corrected chi connectivity index (χ3v) is 6.58. The summed E-state index contributed by atoms with van der Waals surface area (Å²) in [5.41, 5.74) is 4.72. The van der Waals surface area contributed by atoms with E-state index in [1.54, 1.807) is 12.3 Å². The van der Waals surface area contributed by atoms with Gasteiger partial charge in [0.15, 0.2) is 5.13 Å². The first kappa shape index (κ1) is 23.3. The van der Waals surface area contributed by atoms with Crippen LogP contribution in [0.1, 0.15) is 19.4 Å². The van der Waals surface area contributed by atoms with Crippen LogP contribution in [0, 0.1) is 10.1 Å². The smallest absolute Gasteiger partial charge is 0.270 e. The molecule has 5 aromatic rings. The average Bonchev–Trinajstić information content (AvgIpc) is 3.46. The zero-order chi connectivity index (χ0) is 25.2. The molecule has 2 heterocycles. The number of anilines is 1. The van der Waals surface area contributed by atoms with Crippen molar-refractivity contribution < 1.29 is 18.9 Å². The third-order valence-electron chi connectivity index (χ3n) is 5.65. The summed E-state index contributed by atoms with van der Waals surface area (Å²) >= 11 is 1.18. The molecule has 2 aromatic heterocycles. The van der Waals surface area contributed by atoms with Crippen molar-refractivity contribution in [2.75, 3.05) is 11.9 Å². The van der Waals surface area contributed by atoms with Crippen LogP contribution in [0.15, 0.2) is 77.4 Å². The molecular weight excluding hydrogens is 478 g/mol. The Morgan fingerprint density at radius 3 is 2.75 bits per heavy atom. The van der Waals surface area contributed by atoms with Crippen LogP contribution in [0.3, 0.4) is 0 Å². The predicted molar refractivity (Wildman–Crippen MR) is 141 cm³/mol. The normalized spacial score (nSPS) is 11.7. The van der Waals surface area contributed by atoms with Gasteiger partial charge in [0.2, 0.25) is 5.91 Å². The van der Waals surface area contributed by atoms with E-state index in [4.69, 9.17) is 9.15 Å². The molecule has 0 aliphatic rings. The Bertz CT molecular complexity index is 1640. The van der Waals surface area contributed by atoms with Crippen LogP contribution in [-0.2, 0) is 4.79 Å². The Morgan fingerprint density at radius 1 is 1.19 bits per heavy atom. The quantitative estimate of drug-likeness (QED) is 0.146. The Morgan fingerprint density at radius 2 is 2.00 bits per heavy atom. The summed E-state index contributed by atoms with van der Waals surface area (Å²) in [6.45, 7) is 4.20. The first-order valence-corrected chi connectivity index (χ1v) is 12.0. The van der Waals surface area contributed by atoms with Crippen LogP contribution in [0.25, 0.3) is 37.9 Å². The van der Waals surface area contributed by atoms with Crippen molar-refractivity contribution in [2.45, 2.75) is 13.8 Å². The number of aromatic nitrogens is 1. The molecular formula is C27H21N3O5S. The van der Waals surface area contributed by atoms with Gasteiger partial charge in [-0.2, -0.15) is 0 Å². The van der Waals surface area contributed by atoms with E-state index in [0.29, 0.717) is 38.9 Å². The van der Waals surface area contributed by atoms with Crippen LogP contribution in [0.2, 0.25) is 0 Å². The maximum atomic E-state index is 12.8. The van der Waals surface area contributed by atoms with E-state index in [1.165, 1.54) is 29.5 Å². The number of nitrogens with one attached hydrogen (secondary N) is 1. The lowest BCUT2D eigenvalue weighted by atomic mass is 9.99. The number of amides is 1. The number of benzene rings is 3. The van der Waals surface area contributed by atoms with E-state index in [-0.39, 0.29) is 11.6 Å². The van der Waals surface area contributed by atoms with Gasteiger partial charge in [0.1, 0.15) is 11.3 Å². The second kappa shape index (κ2) is 9.63. The molecule has 180 valence electrons. The van der Waals surface area contributed by atoms with Gasteiger partial charge in [-0.1, -0.05) is 41.7 Å². The summed E-state index contributed by atoms with van der Waals surface area (Å²) in [6.07, 6.45) is 3.21. The molecule has 8 nitrogen and oxygen atoms in total. The topological polar surface area (TPSA) is 108 Å². The number of nitrogens with zero attached hydrogens (tertiary/aromatic N) is 2. The molecule has 9 heteroatoms. The lowest BCUT2D eigenvalue weighted by molar-refractivity contribution is -0.384. The fourth-order valence-corrected chi connectivity index (χ4v) is 4.88. The molecule has 0 radical (unpaired) electrons. The predicted octanol–water partition coefficient (Wildman–Crippen LogP) is 7.06. The van der Waals surface area contributed by atoms with E-state index in [0.717, 1.165) is 22.1 Å². The van der Waals surface area contributed by atoms with Crippen molar-refractivity contribution >= 4 is 54.8 Å². The number of rotatable bonds is 7. The summed E-state index contributed by atoms with van der Waals surface area (Å²) in [5, 5.41) is 15.1. The summed E-state index contributed by atoms with van der Waals surface area (Å²) < 4.78 is 12.3. The zero-order valence-corrected chi connectivity index (χ0v) is 20.3. The van der Waals surface area contributed by atoms with Crippen molar-refractivity contribution in [3.8, 4) is 16.9 Å². The number of hydrogen-bond acceptors (Lipinski definition) is 7. The number of non-ortho nitro benzene ring substituents is 1. The first-order chi connectivity index (χ1) is 17.4. The van der Waals surface area contributed by atoms with Crippen LogP contribution < -0.4 is 10.1 Å². The number of nitro groups is 1. The minimum absolute atomic E-state index is 0.0206. The maximum absolute atomic E-state index is 12.8. The molecule has 0 saturated carbocycles. The van der Waals surface area contributed by atoms with Crippen molar-refractivity contribution in [1.29, 1.82) is 0 Å². The van der Waals surface area contributed by atoms with E-state index in [1.807, 2.05) is 56.3 Å². The third kappa shape index (κ3) is 4.56. The molecule has 5 rings (SSSR count). The van der Waals surface area contributed by atoms with Gasteiger partial charge in [-0.3, -0.25) is 20.2 Å². The minimum Gasteiger partial charge on any atom is -0.493 e. The fourth-order valence-electron chi connectivity index (χ4n) is 3.98. The average molecular weight is 500 g/mol. The van der Waals surface area contributed by atoms with Gasteiger partial charge < -0.3 is 9.15 Å². The van der Waals surface area contributed by atoms with Gasteiger partial charge in [0.25, 0.3) is 5.69 Å².